The smallest absolute Gasteiger partial charge is 0.255 e. The second kappa shape index (κ2) is 9.31. The number of benzene rings is 1. The van der Waals surface area contributed by atoms with Gasteiger partial charge in [0, 0.05) is 17.8 Å². The van der Waals surface area contributed by atoms with E-state index in [0.29, 0.717) is 17.2 Å². The Morgan fingerprint density at radius 3 is 2.54 bits per heavy atom. The van der Waals surface area contributed by atoms with Gasteiger partial charge in [-0.15, -0.1) is 0 Å². The molecule has 4 N–H and O–H groups in total. The van der Waals surface area contributed by atoms with Gasteiger partial charge in [-0.3, -0.25) is 9.59 Å². The van der Waals surface area contributed by atoms with Crippen molar-refractivity contribution >= 4 is 17.5 Å². The summed E-state index contributed by atoms with van der Waals surface area (Å²) in [5.41, 5.74) is 5.81. The van der Waals surface area contributed by atoms with E-state index < -0.39 is 11.9 Å². The Morgan fingerprint density at radius 2 is 1.92 bits per heavy atom. The molecule has 1 aromatic rings. The molecular weight excluding hydrogens is 334 g/mol. The quantitative estimate of drug-likeness (QED) is 0.656. The van der Waals surface area contributed by atoms with Crippen LogP contribution in [0.1, 0.15) is 39.5 Å². The summed E-state index contributed by atoms with van der Waals surface area (Å²) in [6.07, 6.45) is 4.39. The lowest BCUT2D eigenvalue weighted by Gasteiger charge is -2.28. The van der Waals surface area contributed by atoms with Gasteiger partial charge >= 0.3 is 0 Å². The van der Waals surface area contributed by atoms with E-state index in [1.807, 2.05) is 6.92 Å². The molecule has 0 aliphatic heterocycles. The first-order valence-electron chi connectivity index (χ1n) is 9.05. The van der Waals surface area contributed by atoms with E-state index in [-0.39, 0.29) is 18.6 Å². The number of methoxy groups -OCH3 is 1. The number of amides is 2. The molecule has 0 heterocycles. The number of nitrogens with two attached hydrogens (primary N) is 1. The largest absolute Gasteiger partial charge is 0.493 e. The van der Waals surface area contributed by atoms with Crippen LogP contribution in [0.2, 0.25) is 0 Å². The topological polar surface area (TPSA) is 103 Å². The van der Waals surface area contributed by atoms with Gasteiger partial charge < -0.3 is 25.8 Å². The second-order valence-electron chi connectivity index (χ2n) is 6.95. The summed E-state index contributed by atoms with van der Waals surface area (Å²) >= 11 is 0. The van der Waals surface area contributed by atoms with E-state index in [1.165, 1.54) is 7.11 Å². The van der Waals surface area contributed by atoms with Crippen molar-refractivity contribution in [2.24, 2.45) is 11.7 Å². The highest BCUT2D eigenvalue weighted by molar-refractivity contribution is 5.84. The number of carbonyl (C=O) groups is 2. The Kier molecular flexibility index (Phi) is 7.12. The summed E-state index contributed by atoms with van der Waals surface area (Å²) in [4.78, 5) is 23.4. The first-order chi connectivity index (χ1) is 12.4. The van der Waals surface area contributed by atoms with Crippen LogP contribution in [0.3, 0.4) is 0 Å². The molecule has 1 aliphatic rings. The van der Waals surface area contributed by atoms with Crippen LogP contribution in [0.4, 0.5) is 5.69 Å². The number of primary amides is 1. The SMILES string of the molecule is COc1ccc(N[C@@H](C)C(=O)NC2CCC(C)CC2)cc1OCC(N)=O. The van der Waals surface area contributed by atoms with Gasteiger partial charge in [0.25, 0.3) is 5.91 Å². The van der Waals surface area contributed by atoms with Gasteiger partial charge in [0.15, 0.2) is 18.1 Å². The Bertz CT molecular complexity index is 627. The zero-order chi connectivity index (χ0) is 19.1. The summed E-state index contributed by atoms with van der Waals surface area (Å²) in [7, 11) is 1.51. The molecule has 0 radical (unpaired) electrons. The Labute approximate surface area is 154 Å². The lowest BCUT2D eigenvalue weighted by molar-refractivity contribution is -0.122. The van der Waals surface area contributed by atoms with Crippen LogP contribution < -0.4 is 25.8 Å². The molecule has 1 aliphatic carbocycles. The maximum atomic E-state index is 12.4. The third-order valence-electron chi connectivity index (χ3n) is 4.67. The van der Waals surface area contributed by atoms with Crippen LogP contribution >= 0.6 is 0 Å². The van der Waals surface area contributed by atoms with Crippen LogP contribution in [0.5, 0.6) is 11.5 Å². The highest BCUT2D eigenvalue weighted by Gasteiger charge is 2.22. The third-order valence-corrected chi connectivity index (χ3v) is 4.67. The van der Waals surface area contributed by atoms with Gasteiger partial charge in [-0.05, 0) is 50.7 Å². The van der Waals surface area contributed by atoms with Crippen molar-refractivity contribution in [2.75, 3.05) is 19.0 Å². The maximum absolute atomic E-state index is 12.4. The molecular formula is C19H29N3O4. The molecule has 1 aromatic carbocycles. The van der Waals surface area contributed by atoms with Crippen molar-refractivity contribution in [2.45, 2.75) is 51.6 Å². The van der Waals surface area contributed by atoms with Gasteiger partial charge in [0.05, 0.1) is 7.11 Å². The van der Waals surface area contributed by atoms with Gasteiger partial charge in [-0.2, -0.15) is 0 Å². The fourth-order valence-electron chi connectivity index (χ4n) is 3.07. The normalized spacial score (nSPS) is 20.7. The molecule has 1 fully saturated rings. The van der Waals surface area contributed by atoms with Crippen molar-refractivity contribution in [3.05, 3.63) is 18.2 Å². The number of hydrogen-bond donors (Lipinski definition) is 3. The molecule has 0 bridgehead atoms. The van der Waals surface area contributed by atoms with Crippen LogP contribution in [0.15, 0.2) is 18.2 Å². The van der Waals surface area contributed by atoms with E-state index in [4.69, 9.17) is 15.2 Å². The van der Waals surface area contributed by atoms with Crippen molar-refractivity contribution in [1.29, 1.82) is 0 Å². The summed E-state index contributed by atoms with van der Waals surface area (Å²) in [6, 6.07) is 5.06. The zero-order valence-electron chi connectivity index (χ0n) is 15.7. The van der Waals surface area contributed by atoms with Gasteiger partial charge in [0.2, 0.25) is 5.91 Å². The Hall–Kier alpha value is -2.44. The highest BCUT2D eigenvalue weighted by Crippen LogP contribution is 2.30. The molecule has 0 aromatic heterocycles. The third kappa shape index (κ3) is 5.82. The summed E-state index contributed by atoms with van der Waals surface area (Å²) in [5.74, 6) is 1.03. The highest BCUT2D eigenvalue weighted by atomic mass is 16.5. The van der Waals surface area contributed by atoms with Crippen molar-refractivity contribution in [3.63, 3.8) is 0 Å². The minimum absolute atomic E-state index is 0.0278. The number of ether oxygens (including phenoxy) is 2. The Balaban J connectivity index is 1.94. The van der Waals surface area contributed by atoms with E-state index in [9.17, 15) is 9.59 Å². The lowest BCUT2D eigenvalue weighted by Crippen LogP contribution is -2.44. The van der Waals surface area contributed by atoms with Gasteiger partial charge in [0.1, 0.15) is 6.04 Å². The zero-order valence-corrected chi connectivity index (χ0v) is 15.7. The van der Waals surface area contributed by atoms with Crippen LogP contribution in [-0.4, -0.2) is 37.6 Å². The molecule has 2 amide bonds. The number of hydrogen-bond acceptors (Lipinski definition) is 5. The first kappa shape index (κ1) is 19.9. The van der Waals surface area contributed by atoms with Crippen LogP contribution in [0.25, 0.3) is 0 Å². The van der Waals surface area contributed by atoms with E-state index in [0.717, 1.165) is 31.6 Å². The molecule has 2 rings (SSSR count). The standard InChI is InChI=1S/C19H29N3O4/c1-12-4-6-14(7-5-12)22-19(24)13(2)21-15-8-9-16(25-3)17(10-15)26-11-18(20)23/h8-10,12-14,21H,4-7,11H2,1-3H3,(H2,20,23)(H,22,24)/t12?,13-,14?/m0/s1. The predicted octanol–water partition coefficient (Wildman–Crippen LogP) is 2.05. The second-order valence-corrected chi connectivity index (χ2v) is 6.95. The Morgan fingerprint density at radius 1 is 1.23 bits per heavy atom. The summed E-state index contributed by atoms with van der Waals surface area (Å²) < 4.78 is 10.6. The lowest BCUT2D eigenvalue weighted by atomic mass is 9.87. The van der Waals surface area contributed by atoms with Gasteiger partial charge in [-0.25, -0.2) is 0 Å². The average Bonchev–Trinajstić information content (AvgIpc) is 2.62. The minimum Gasteiger partial charge on any atom is -0.493 e. The number of carbonyl (C=O) groups excluding carboxylic acids is 2. The minimum atomic E-state index is -0.569. The molecule has 0 spiro atoms. The summed E-state index contributed by atoms with van der Waals surface area (Å²) in [6.45, 7) is 3.83. The molecule has 0 saturated heterocycles. The number of nitrogens with one attached hydrogen (secondary N) is 2. The molecule has 144 valence electrons. The van der Waals surface area contributed by atoms with Crippen molar-refractivity contribution in [3.8, 4) is 11.5 Å². The van der Waals surface area contributed by atoms with E-state index in [1.54, 1.807) is 18.2 Å². The van der Waals surface area contributed by atoms with Crippen molar-refractivity contribution < 1.29 is 19.1 Å². The van der Waals surface area contributed by atoms with Crippen LogP contribution in [0, 0.1) is 5.92 Å². The molecule has 7 nitrogen and oxygen atoms in total. The number of rotatable bonds is 8. The van der Waals surface area contributed by atoms with E-state index >= 15 is 0 Å². The molecule has 0 unspecified atom stereocenters. The van der Waals surface area contributed by atoms with Gasteiger partial charge in [-0.1, -0.05) is 6.92 Å². The molecule has 7 heteroatoms. The molecule has 1 atom stereocenters. The van der Waals surface area contributed by atoms with Crippen LogP contribution in [-0.2, 0) is 9.59 Å². The fourth-order valence-corrected chi connectivity index (χ4v) is 3.07. The average molecular weight is 363 g/mol. The van der Waals surface area contributed by atoms with E-state index in [2.05, 4.69) is 17.6 Å². The maximum Gasteiger partial charge on any atom is 0.255 e. The molecule has 1 saturated carbocycles. The summed E-state index contributed by atoms with van der Waals surface area (Å²) in [5, 5.41) is 6.27. The fraction of sp³-hybridized carbons (Fsp3) is 0.579. The first-order valence-corrected chi connectivity index (χ1v) is 9.05. The monoisotopic (exact) mass is 363 g/mol. The predicted molar refractivity (Wildman–Crippen MR) is 100 cm³/mol. The molecule has 26 heavy (non-hydrogen) atoms. The number of anilines is 1. The van der Waals surface area contributed by atoms with Crippen molar-refractivity contribution in [1.82, 2.24) is 5.32 Å².